The number of rotatable bonds is 10. The first-order chi connectivity index (χ1) is 27.3. The summed E-state index contributed by atoms with van der Waals surface area (Å²) in [5, 5.41) is 6.92. The second-order valence-electron chi connectivity index (χ2n) is 17.8. The van der Waals surface area contributed by atoms with E-state index in [-0.39, 0.29) is 34.0 Å². The van der Waals surface area contributed by atoms with E-state index in [0.717, 1.165) is 59.1 Å². The molecule has 6 aromatic rings. The Hall–Kier alpha value is -4.17. The molecule has 1 aromatic heterocycles. The van der Waals surface area contributed by atoms with Crippen molar-refractivity contribution >= 4 is 63.6 Å². The van der Waals surface area contributed by atoms with Crippen LogP contribution in [0.1, 0.15) is 107 Å². The molecule has 0 aliphatic rings. The lowest BCUT2D eigenvalue weighted by Gasteiger charge is -2.36. The third-order valence-electron chi connectivity index (χ3n) is 11.9. The summed E-state index contributed by atoms with van der Waals surface area (Å²) in [7, 11) is -3.79. The van der Waals surface area contributed by atoms with Crippen molar-refractivity contribution in [1.82, 2.24) is 0 Å². The molecule has 0 radical (unpaired) electrons. The van der Waals surface area contributed by atoms with E-state index in [0.29, 0.717) is 17.4 Å². The van der Waals surface area contributed by atoms with Gasteiger partial charge in [0.1, 0.15) is 15.4 Å². The first-order valence-electron chi connectivity index (χ1n) is 20.9. The fourth-order valence-corrected chi connectivity index (χ4v) is 11.3. The minimum Gasteiger partial charge on any atom is -0.362 e. The summed E-state index contributed by atoms with van der Waals surface area (Å²) in [5.41, 5.74) is 1.41. The molecule has 304 valence electrons. The topological polar surface area (TPSA) is 52.6 Å². The van der Waals surface area contributed by atoms with Crippen molar-refractivity contribution in [2.75, 3.05) is 13.2 Å². The predicted octanol–water partition coefficient (Wildman–Crippen LogP) is 13.4. The molecule has 0 unspecified atom stereocenters. The second kappa shape index (κ2) is 16.5. The van der Waals surface area contributed by atoms with Crippen LogP contribution in [0.25, 0.3) is 42.4 Å². The fourth-order valence-electron chi connectivity index (χ4n) is 8.52. The Morgan fingerprint density at radius 3 is 1.40 bits per heavy atom. The van der Waals surface area contributed by atoms with Crippen molar-refractivity contribution < 1.29 is 17.9 Å². The normalized spacial score (nSPS) is 13.0. The molecule has 6 rings (SSSR count). The SMILES string of the molecule is CCOC(C#Cc1c2cc3ccccc3cc2c(C#CC(OCC)(C(C)C)C(C)C)c2cc3sc(S(=O)(=O)c4ccc(C(C)(C)C)cc4)cc3cc12)(C(C)C)C(C)C. The van der Waals surface area contributed by atoms with Crippen molar-refractivity contribution in [3.63, 3.8) is 0 Å². The number of thiophene rings is 1. The number of benzene rings is 5. The number of hydrogen-bond acceptors (Lipinski definition) is 5. The van der Waals surface area contributed by atoms with Crippen LogP contribution < -0.4 is 0 Å². The smallest absolute Gasteiger partial charge is 0.215 e. The standard InChI is InChI=1S/C52H60O4S2/c1-14-55-51(33(3)4,34(5)6)26-24-42-44-28-37-18-16-17-19-38(37)29-45(44)43(25-27-52(35(7)8,36(9)10)56-15-2)47-32-48-39(30-46(42)47)31-49(57-48)58(53,54)41-22-20-40(21-23-41)50(11,12)13/h16-23,28-36H,14-15H2,1-13H3. The lowest BCUT2D eigenvalue weighted by atomic mass is 9.79. The Kier molecular flexibility index (Phi) is 12.3. The van der Waals surface area contributed by atoms with Gasteiger partial charge in [-0.05, 0) is 123 Å². The van der Waals surface area contributed by atoms with Gasteiger partial charge in [0.25, 0.3) is 0 Å². The van der Waals surface area contributed by atoms with E-state index in [2.05, 4.69) is 148 Å². The van der Waals surface area contributed by atoms with Gasteiger partial charge in [0, 0.05) is 34.4 Å². The van der Waals surface area contributed by atoms with E-state index in [1.807, 2.05) is 32.0 Å². The van der Waals surface area contributed by atoms with Crippen molar-refractivity contribution in [2.24, 2.45) is 23.7 Å². The lowest BCUT2D eigenvalue weighted by Crippen LogP contribution is -2.42. The highest BCUT2D eigenvalue weighted by molar-refractivity contribution is 7.93. The van der Waals surface area contributed by atoms with E-state index in [1.165, 1.54) is 11.3 Å². The first-order valence-corrected chi connectivity index (χ1v) is 23.2. The van der Waals surface area contributed by atoms with Crippen molar-refractivity contribution in [1.29, 1.82) is 0 Å². The molecule has 0 aliphatic carbocycles. The van der Waals surface area contributed by atoms with Gasteiger partial charge in [-0.1, -0.05) is 136 Å². The van der Waals surface area contributed by atoms with Gasteiger partial charge in [-0.3, -0.25) is 0 Å². The largest absolute Gasteiger partial charge is 0.362 e. The van der Waals surface area contributed by atoms with Crippen LogP contribution in [0.5, 0.6) is 0 Å². The molecule has 4 nitrogen and oxygen atoms in total. The summed E-state index contributed by atoms with van der Waals surface area (Å²) in [6, 6.07) is 26.3. The first kappa shape index (κ1) is 43.4. The van der Waals surface area contributed by atoms with Gasteiger partial charge in [-0.2, -0.15) is 0 Å². The molecule has 1 heterocycles. The maximum atomic E-state index is 14.3. The molecule has 0 fully saturated rings. The molecule has 0 atom stereocenters. The van der Waals surface area contributed by atoms with Crippen LogP contribution in [0.2, 0.25) is 0 Å². The molecule has 0 amide bonds. The van der Waals surface area contributed by atoms with Crippen LogP contribution in [0.15, 0.2) is 88.0 Å². The highest BCUT2D eigenvalue weighted by Crippen LogP contribution is 2.42. The molecular formula is C52H60O4S2. The average molecular weight is 813 g/mol. The summed E-state index contributed by atoms with van der Waals surface area (Å²) in [5.74, 6) is 15.4. The zero-order valence-corrected chi connectivity index (χ0v) is 38.3. The summed E-state index contributed by atoms with van der Waals surface area (Å²) in [6.45, 7) is 28.9. The Balaban J connectivity index is 1.76. The van der Waals surface area contributed by atoms with Gasteiger partial charge in [-0.15, -0.1) is 11.3 Å². The molecule has 0 saturated carbocycles. The summed E-state index contributed by atoms with van der Waals surface area (Å²) < 4.78 is 42.8. The van der Waals surface area contributed by atoms with E-state index in [1.54, 1.807) is 12.1 Å². The summed E-state index contributed by atoms with van der Waals surface area (Å²) >= 11 is 1.30. The number of hydrogen-bond donors (Lipinski definition) is 0. The highest BCUT2D eigenvalue weighted by Gasteiger charge is 2.37. The molecule has 58 heavy (non-hydrogen) atoms. The van der Waals surface area contributed by atoms with E-state index >= 15 is 0 Å². The quantitative estimate of drug-likeness (QED) is 0.102. The Bertz CT molecular complexity index is 2560. The average Bonchev–Trinajstić information content (AvgIpc) is 3.60. The van der Waals surface area contributed by atoms with Crippen molar-refractivity contribution in [3.05, 3.63) is 95.6 Å². The molecule has 0 N–H and O–H groups in total. The van der Waals surface area contributed by atoms with Crippen LogP contribution >= 0.6 is 11.3 Å². The zero-order chi connectivity index (χ0) is 42.4. The number of sulfone groups is 1. The van der Waals surface area contributed by atoms with Gasteiger partial charge in [0.2, 0.25) is 9.84 Å². The molecule has 0 saturated heterocycles. The Morgan fingerprint density at radius 2 is 1.00 bits per heavy atom. The highest BCUT2D eigenvalue weighted by atomic mass is 32.2. The van der Waals surface area contributed by atoms with E-state index in [9.17, 15) is 8.42 Å². The molecule has 0 bridgehead atoms. The molecule has 0 spiro atoms. The van der Waals surface area contributed by atoms with Gasteiger partial charge in [-0.25, -0.2) is 8.42 Å². The maximum Gasteiger partial charge on any atom is 0.215 e. The molecule has 6 heteroatoms. The number of fused-ring (bicyclic) bond motifs is 4. The van der Waals surface area contributed by atoms with Crippen LogP contribution in [0, 0.1) is 47.4 Å². The van der Waals surface area contributed by atoms with Gasteiger partial charge < -0.3 is 9.47 Å². The van der Waals surface area contributed by atoms with Gasteiger partial charge >= 0.3 is 0 Å². The lowest BCUT2D eigenvalue weighted by molar-refractivity contribution is -0.0594. The monoisotopic (exact) mass is 812 g/mol. The van der Waals surface area contributed by atoms with E-state index in [4.69, 9.17) is 9.47 Å². The predicted molar refractivity (Wildman–Crippen MR) is 247 cm³/mol. The van der Waals surface area contributed by atoms with Gasteiger partial charge in [0.05, 0.1) is 4.90 Å². The van der Waals surface area contributed by atoms with Gasteiger partial charge in [0.15, 0.2) is 0 Å². The molecular weight excluding hydrogens is 753 g/mol. The fraction of sp³-hybridized carbons (Fsp3) is 0.423. The second-order valence-corrected chi connectivity index (χ2v) is 21.1. The molecule has 5 aromatic carbocycles. The third kappa shape index (κ3) is 7.82. The maximum absolute atomic E-state index is 14.3. The van der Waals surface area contributed by atoms with Crippen LogP contribution in [0.3, 0.4) is 0 Å². The summed E-state index contributed by atoms with van der Waals surface area (Å²) in [6.07, 6.45) is 0. The van der Waals surface area contributed by atoms with Crippen LogP contribution in [0.4, 0.5) is 0 Å². The Labute approximate surface area is 351 Å². The van der Waals surface area contributed by atoms with Crippen molar-refractivity contribution in [3.8, 4) is 23.7 Å². The summed E-state index contributed by atoms with van der Waals surface area (Å²) in [4.78, 5) is 0.288. The Morgan fingerprint density at radius 1 is 0.586 bits per heavy atom. The van der Waals surface area contributed by atoms with E-state index < -0.39 is 21.0 Å². The van der Waals surface area contributed by atoms with Crippen LogP contribution in [-0.4, -0.2) is 32.8 Å². The van der Waals surface area contributed by atoms with Crippen LogP contribution in [-0.2, 0) is 24.7 Å². The van der Waals surface area contributed by atoms with Crippen molar-refractivity contribution in [2.45, 2.75) is 116 Å². The minimum absolute atomic E-state index is 0.0874. The minimum atomic E-state index is -3.79. The number of ether oxygens (including phenoxy) is 2. The third-order valence-corrected chi connectivity index (χ3v) is 15.2. The zero-order valence-electron chi connectivity index (χ0n) is 36.7. The molecule has 0 aliphatic heterocycles.